The fraction of sp³-hybridized carbons (Fsp3) is 0.611. The molecule has 1 aliphatic carbocycles. The summed E-state index contributed by atoms with van der Waals surface area (Å²) in [6, 6.07) is 3.75. The zero-order chi connectivity index (χ0) is 19.6. The second-order valence-electron chi connectivity index (χ2n) is 6.91. The normalized spacial score (nSPS) is 19.0. The lowest BCUT2D eigenvalue weighted by molar-refractivity contribution is -0.230. The summed E-state index contributed by atoms with van der Waals surface area (Å²) in [6.07, 6.45) is -8.00. The van der Waals surface area contributed by atoms with Gasteiger partial charge >= 0.3 is 12.4 Å². The summed E-state index contributed by atoms with van der Waals surface area (Å²) in [5.41, 5.74) is -2.65. The van der Waals surface area contributed by atoms with Crippen molar-refractivity contribution in [1.29, 1.82) is 0 Å². The lowest BCUT2D eigenvalue weighted by Gasteiger charge is -2.38. The number of alkyl halides is 6. The van der Waals surface area contributed by atoms with Gasteiger partial charge in [-0.1, -0.05) is 31.4 Å². The van der Waals surface area contributed by atoms with Crippen molar-refractivity contribution in [3.05, 3.63) is 35.4 Å². The van der Waals surface area contributed by atoms with E-state index in [1.54, 1.807) is 6.92 Å². The average molecular weight is 381 g/mol. The number of hydrogen-bond donors (Lipinski definition) is 1. The molecule has 8 heteroatoms. The second-order valence-corrected chi connectivity index (χ2v) is 6.91. The molecular weight excluding hydrogens is 360 g/mol. The van der Waals surface area contributed by atoms with Crippen molar-refractivity contribution in [1.82, 2.24) is 5.32 Å². The summed E-state index contributed by atoms with van der Waals surface area (Å²) in [5, 5.41) is 2.41. The van der Waals surface area contributed by atoms with Crippen LogP contribution in [-0.2, 0) is 17.4 Å². The van der Waals surface area contributed by atoms with Crippen molar-refractivity contribution in [2.45, 2.75) is 63.8 Å². The van der Waals surface area contributed by atoms with E-state index in [-0.39, 0.29) is 19.3 Å². The molecule has 1 fully saturated rings. The van der Waals surface area contributed by atoms with Crippen LogP contribution in [0.2, 0.25) is 0 Å². The van der Waals surface area contributed by atoms with E-state index in [9.17, 15) is 31.1 Å². The maximum absolute atomic E-state index is 13.5. The molecule has 1 aromatic rings. The topological polar surface area (TPSA) is 29.1 Å². The standard InChI is InChI=1S/C18H21F6NO/c1-12(11-13-5-7-14(8-6-13)17(19,20)21)25-15(26)16(18(22,23)24)9-3-2-4-10-16/h5-8,12H,2-4,9-11H2,1H3,(H,25,26). The van der Waals surface area contributed by atoms with E-state index in [0.29, 0.717) is 24.8 Å². The summed E-state index contributed by atoms with van der Waals surface area (Å²) in [6.45, 7) is 1.54. The Morgan fingerprint density at radius 3 is 2.04 bits per heavy atom. The summed E-state index contributed by atoms with van der Waals surface area (Å²) in [7, 11) is 0. The zero-order valence-electron chi connectivity index (χ0n) is 14.3. The number of carbonyl (C=O) groups is 1. The molecule has 0 bridgehead atoms. The Morgan fingerprint density at radius 1 is 1.04 bits per heavy atom. The van der Waals surface area contributed by atoms with Crippen LogP contribution in [-0.4, -0.2) is 18.1 Å². The third kappa shape index (κ3) is 4.51. The molecule has 0 saturated heterocycles. The number of benzene rings is 1. The van der Waals surface area contributed by atoms with Gasteiger partial charge in [-0.25, -0.2) is 0 Å². The largest absolute Gasteiger partial charge is 0.416 e. The molecule has 1 N–H and O–H groups in total. The van der Waals surface area contributed by atoms with E-state index in [0.717, 1.165) is 12.1 Å². The van der Waals surface area contributed by atoms with Crippen molar-refractivity contribution in [3.8, 4) is 0 Å². The molecule has 2 rings (SSSR count). The molecular formula is C18H21F6NO. The monoisotopic (exact) mass is 381 g/mol. The van der Waals surface area contributed by atoms with Gasteiger partial charge in [0.2, 0.25) is 5.91 Å². The van der Waals surface area contributed by atoms with Crippen LogP contribution in [0.5, 0.6) is 0 Å². The number of rotatable bonds is 4. The number of carbonyl (C=O) groups excluding carboxylic acids is 1. The Bertz CT molecular complexity index is 614. The van der Waals surface area contributed by atoms with Gasteiger partial charge in [0, 0.05) is 6.04 Å². The predicted octanol–water partition coefficient (Wildman–Crippen LogP) is 5.27. The molecule has 1 aliphatic rings. The van der Waals surface area contributed by atoms with E-state index in [1.165, 1.54) is 12.1 Å². The fourth-order valence-corrected chi connectivity index (χ4v) is 3.39. The lowest BCUT2D eigenvalue weighted by atomic mass is 9.72. The third-order valence-electron chi connectivity index (χ3n) is 4.89. The van der Waals surface area contributed by atoms with Crippen molar-refractivity contribution >= 4 is 5.91 Å². The van der Waals surface area contributed by atoms with Crippen molar-refractivity contribution < 1.29 is 31.1 Å². The number of hydrogen-bond acceptors (Lipinski definition) is 1. The van der Waals surface area contributed by atoms with Crippen LogP contribution in [0.25, 0.3) is 0 Å². The highest BCUT2D eigenvalue weighted by molar-refractivity contribution is 5.84. The van der Waals surface area contributed by atoms with Crippen molar-refractivity contribution in [2.75, 3.05) is 0 Å². The molecule has 0 spiro atoms. The molecule has 1 amide bonds. The van der Waals surface area contributed by atoms with Crippen molar-refractivity contribution in [3.63, 3.8) is 0 Å². The first-order valence-electron chi connectivity index (χ1n) is 8.49. The first-order chi connectivity index (χ1) is 12.0. The SMILES string of the molecule is CC(Cc1ccc(C(F)(F)F)cc1)NC(=O)C1(C(F)(F)F)CCCCC1. The van der Waals surface area contributed by atoms with E-state index >= 15 is 0 Å². The first-order valence-corrected chi connectivity index (χ1v) is 8.49. The van der Waals surface area contributed by atoms with Crippen LogP contribution < -0.4 is 5.32 Å². The molecule has 0 aliphatic heterocycles. The number of amides is 1. The molecule has 0 radical (unpaired) electrons. The van der Waals surface area contributed by atoms with Gasteiger partial charge in [-0.05, 0) is 43.9 Å². The first kappa shape index (κ1) is 20.6. The summed E-state index contributed by atoms with van der Waals surface area (Å²) in [5.74, 6) is -1.04. The van der Waals surface area contributed by atoms with Gasteiger partial charge in [-0.2, -0.15) is 26.3 Å². The van der Waals surface area contributed by atoms with E-state index in [1.807, 2.05) is 0 Å². The van der Waals surface area contributed by atoms with Crippen LogP contribution >= 0.6 is 0 Å². The molecule has 0 aromatic heterocycles. The predicted molar refractivity (Wildman–Crippen MR) is 84.3 cm³/mol. The Morgan fingerprint density at radius 2 is 1.58 bits per heavy atom. The maximum atomic E-state index is 13.5. The average Bonchev–Trinajstić information content (AvgIpc) is 2.54. The van der Waals surface area contributed by atoms with Crippen LogP contribution in [0.15, 0.2) is 24.3 Å². The quantitative estimate of drug-likeness (QED) is 0.708. The molecule has 1 unspecified atom stereocenters. The molecule has 1 saturated carbocycles. The third-order valence-corrected chi connectivity index (χ3v) is 4.89. The van der Waals surface area contributed by atoms with Gasteiger partial charge in [0.1, 0.15) is 5.41 Å². The minimum absolute atomic E-state index is 0.151. The summed E-state index contributed by atoms with van der Waals surface area (Å²) >= 11 is 0. The van der Waals surface area contributed by atoms with Crippen LogP contribution in [0, 0.1) is 5.41 Å². The van der Waals surface area contributed by atoms with E-state index in [2.05, 4.69) is 5.32 Å². The number of nitrogens with one attached hydrogen (secondary N) is 1. The molecule has 1 atom stereocenters. The van der Waals surface area contributed by atoms with Crippen molar-refractivity contribution in [2.24, 2.45) is 5.41 Å². The van der Waals surface area contributed by atoms with Crippen LogP contribution in [0.4, 0.5) is 26.3 Å². The maximum Gasteiger partial charge on any atom is 0.416 e. The highest BCUT2D eigenvalue weighted by Crippen LogP contribution is 2.49. The van der Waals surface area contributed by atoms with Gasteiger partial charge in [0.15, 0.2) is 0 Å². The Hall–Kier alpha value is -1.73. The van der Waals surface area contributed by atoms with Gasteiger partial charge in [-0.3, -0.25) is 4.79 Å². The second kappa shape index (κ2) is 7.48. The van der Waals surface area contributed by atoms with Crippen LogP contribution in [0.1, 0.15) is 50.2 Å². The smallest absolute Gasteiger partial charge is 0.353 e. The van der Waals surface area contributed by atoms with Gasteiger partial charge in [0.25, 0.3) is 0 Å². The van der Waals surface area contributed by atoms with E-state index < -0.39 is 35.3 Å². The Labute approximate surface area is 148 Å². The molecule has 146 valence electrons. The minimum Gasteiger partial charge on any atom is -0.353 e. The van der Waals surface area contributed by atoms with Gasteiger partial charge < -0.3 is 5.32 Å². The molecule has 1 aromatic carbocycles. The lowest BCUT2D eigenvalue weighted by Crippen LogP contribution is -2.53. The zero-order valence-corrected chi connectivity index (χ0v) is 14.3. The van der Waals surface area contributed by atoms with E-state index in [4.69, 9.17) is 0 Å². The van der Waals surface area contributed by atoms with Gasteiger partial charge in [-0.15, -0.1) is 0 Å². The fourth-order valence-electron chi connectivity index (χ4n) is 3.39. The van der Waals surface area contributed by atoms with Crippen LogP contribution in [0.3, 0.4) is 0 Å². The minimum atomic E-state index is -4.62. The Balaban J connectivity index is 2.04. The summed E-state index contributed by atoms with van der Waals surface area (Å²) in [4.78, 5) is 12.4. The summed E-state index contributed by atoms with van der Waals surface area (Å²) < 4.78 is 78.2. The van der Waals surface area contributed by atoms with Gasteiger partial charge in [0.05, 0.1) is 5.56 Å². The molecule has 26 heavy (non-hydrogen) atoms. The highest BCUT2D eigenvalue weighted by atomic mass is 19.4. The highest BCUT2D eigenvalue weighted by Gasteiger charge is 2.59. The molecule has 2 nitrogen and oxygen atoms in total. The molecule has 0 heterocycles. The number of halogens is 6. The Kier molecular flexibility index (Phi) is 5.92.